The molecule has 1 unspecified atom stereocenters. The normalized spacial score (nSPS) is 15.5. The van der Waals surface area contributed by atoms with E-state index >= 15 is 0 Å². The number of aryl methyl sites for hydroxylation is 1. The summed E-state index contributed by atoms with van der Waals surface area (Å²) < 4.78 is 12.4. The molecule has 164 valence electrons. The first-order valence-electron chi connectivity index (χ1n) is 10.7. The van der Waals surface area contributed by atoms with Gasteiger partial charge in [-0.05, 0) is 61.9 Å². The van der Waals surface area contributed by atoms with E-state index in [1.165, 1.54) is 15.8 Å². The Labute approximate surface area is 185 Å². The van der Waals surface area contributed by atoms with Gasteiger partial charge < -0.3 is 14.8 Å². The summed E-state index contributed by atoms with van der Waals surface area (Å²) in [5.41, 5.74) is 1.01. The first-order chi connectivity index (χ1) is 15.0. The number of aromatic nitrogens is 2. The number of ether oxygens (including phenoxy) is 2. The Bertz CT molecular complexity index is 1120. The molecule has 2 aromatic heterocycles. The maximum Gasteiger partial charge on any atom is 0.262 e. The third kappa shape index (κ3) is 4.90. The van der Waals surface area contributed by atoms with Crippen molar-refractivity contribution in [3.05, 3.63) is 51.4 Å². The standard InChI is InChI=1S/C23H27N3O4S/c1-3-29-16-5-7-17(8-6-16)30-11-10-24-20(27)13-26-14-25-22-21(23(26)28)18-9-4-15(2)12-19(18)31-22/h5-8,14-15H,3-4,9-13H2,1-2H3,(H,24,27). The van der Waals surface area contributed by atoms with Crippen molar-refractivity contribution in [1.82, 2.24) is 14.9 Å². The van der Waals surface area contributed by atoms with Crippen molar-refractivity contribution in [1.29, 1.82) is 0 Å². The van der Waals surface area contributed by atoms with Crippen LogP contribution in [0.5, 0.6) is 11.5 Å². The SMILES string of the molecule is CCOc1ccc(OCCNC(=O)Cn2cnc3sc4c(c3c2=O)CCC(C)C4)cc1. The fourth-order valence-electron chi connectivity index (χ4n) is 3.85. The fourth-order valence-corrected chi connectivity index (χ4v) is 5.19. The largest absolute Gasteiger partial charge is 0.494 e. The molecule has 1 aromatic carbocycles. The van der Waals surface area contributed by atoms with Crippen LogP contribution in [0.25, 0.3) is 10.2 Å². The molecule has 1 atom stereocenters. The molecule has 0 fully saturated rings. The molecule has 0 radical (unpaired) electrons. The summed E-state index contributed by atoms with van der Waals surface area (Å²) in [5, 5.41) is 3.49. The molecule has 0 saturated carbocycles. The summed E-state index contributed by atoms with van der Waals surface area (Å²) in [5.74, 6) is 1.90. The molecule has 31 heavy (non-hydrogen) atoms. The van der Waals surface area contributed by atoms with Crippen LogP contribution in [0.1, 0.15) is 30.7 Å². The van der Waals surface area contributed by atoms with E-state index < -0.39 is 0 Å². The highest BCUT2D eigenvalue weighted by Crippen LogP contribution is 2.35. The van der Waals surface area contributed by atoms with Gasteiger partial charge in [-0.2, -0.15) is 0 Å². The monoisotopic (exact) mass is 441 g/mol. The van der Waals surface area contributed by atoms with Gasteiger partial charge in [0.15, 0.2) is 0 Å². The summed E-state index contributed by atoms with van der Waals surface area (Å²) in [6, 6.07) is 7.35. The first-order valence-corrected chi connectivity index (χ1v) is 11.5. The molecule has 1 aliphatic carbocycles. The van der Waals surface area contributed by atoms with E-state index in [0.29, 0.717) is 36.8 Å². The van der Waals surface area contributed by atoms with Crippen molar-refractivity contribution < 1.29 is 14.3 Å². The van der Waals surface area contributed by atoms with Crippen molar-refractivity contribution >= 4 is 27.5 Å². The van der Waals surface area contributed by atoms with E-state index in [1.54, 1.807) is 11.3 Å². The summed E-state index contributed by atoms with van der Waals surface area (Å²) >= 11 is 1.61. The minimum atomic E-state index is -0.240. The van der Waals surface area contributed by atoms with Crippen LogP contribution in [0.4, 0.5) is 0 Å². The average molecular weight is 442 g/mol. The minimum Gasteiger partial charge on any atom is -0.494 e. The zero-order chi connectivity index (χ0) is 21.8. The van der Waals surface area contributed by atoms with Crippen LogP contribution in [0.3, 0.4) is 0 Å². The molecule has 8 heteroatoms. The molecule has 1 aliphatic rings. The van der Waals surface area contributed by atoms with Crippen LogP contribution in [0.15, 0.2) is 35.4 Å². The van der Waals surface area contributed by atoms with Crippen molar-refractivity contribution in [2.75, 3.05) is 19.8 Å². The molecule has 0 bridgehead atoms. The van der Waals surface area contributed by atoms with Crippen molar-refractivity contribution in [2.45, 2.75) is 39.7 Å². The number of nitrogens with one attached hydrogen (secondary N) is 1. The van der Waals surface area contributed by atoms with Gasteiger partial charge in [0.25, 0.3) is 5.56 Å². The van der Waals surface area contributed by atoms with E-state index in [4.69, 9.17) is 9.47 Å². The number of benzene rings is 1. The lowest BCUT2D eigenvalue weighted by molar-refractivity contribution is -0.121. The molecule has 3 aromatic rings. The van der Waals surface area contributed by atoms with Gasteiger partial charge >= 0.3 is 0 Å². The lowest BCUT2D eigenvalue weighted by Crippen LogP contribution is -2.34. The quantitative estimate of drug-likeness (QED) is 0.543. The fraction of sp³-hybridized carbons (Fsp3) is 0.435. The minimum absolute atomic E-state index is 0.0498. The average Bonchev–Trinajstić information content (AvgIpc) is 3.13. The predicted octanol–water partition coefficient (Wildman–Crippen LogP) is 3.18. The second-order valence-electron chi connectivity index (χ2n) is 7.81. The predicted molar refractivity (Wildman–Crippen MR) is 121 cm³/mol. The molecule has 2 heterocycles. The Morgan fingerprint density at radius 3 is 2.74 bits per heavy atom. The van der Waals surface area contributed by atoms with Crippen LogP contribution in [0.2, 0.25) is 0 Å². The van der Waals surface area contributed by atoms with Gasteiger partial charge in [-0.1, -0.05) is 6.92 Å². The lowest BCUT2D eigenvalue weighted by Gasteiger charge is -2.17. The zero-order valence-electron chi connectivity index (χ0n) is 17.8. The second-order valence-corrected chi connectivity index (χ2v) is 8.90. The number of carbonyl (C=O) groups is 1. The van der Waals surface area contributed by atoms with E-state index in [2.05, 4.69) is 17.2 Å². The van der Waals surface area contributed by atoms with Crippen molar-refractivity contribution in [2.24, 2.45) is 5.92 Å². The molecule has 0 saturated heterocycles. The third-order valence-electron chi connectivity index (χ3n) is 5.42. The third-order valence-corrected chi connectivity index (χ3v) is 6.59. The van der Waals surface area contributed by atoms with Crippen LogP contribution < -0.4 is 20.3 Å². The van der Waals surface area contributed by atoms with Crippen molar-refractivity contribution in [3.63, 3.8) is 0 Å². The molecule has 7 nitrogen and oxygen atoms in total. The van der Waals surface area contributed by atoms with E-state index in [9.17, 15) is 9.59 Å². The number of fused-ring (bicyclic) bond motifs is 3. The second kappa shape index (κ2) is 9.51. The Balaban J connectivity index is 1.32. The van der Waals surface area contributed by atoms with Crippen LogP contribution in [-0.4, -0.2) is 35.2 Å². The van der Waals surface area contributed by atoms with Gasteiger partial charge in [-0.3, -0.25) is 14.2 Å². The van der Waals surface area contributed by atoms with E-state index in [1.807, 2.05) is 31.2 Å². The van der Waals surface area contributed by atoms with Crippen LogP contribution in [-0.2, 0) is 24.2 Å². The summed E-state index contributed by atoms with van der Waals surface area (Å²) in [7, 11) is 0. The van der Waals surface area contributed by atoms with Gasteiger partial charge in [0, 0.05) is 4.88 Å². The topological polar surface area (TPSA) is 82.4 Å². The van der Waals surface area contributed by atoms with Gasteiger partial charge in [-0.15, -0.1) is 11.3 Å². The molecule has 1 N–H and O–H groups in total. The number of hydrogen-bond donors (Lipinski definition) is 1. The molecule has 0 spiro atoms. The number of nitrogens with zero attached hydrogens (tertiary/aromatic N) is 2. The Hall–Kier alpha value is -2.87. The van der Waals surface area contributed by atoms with E-state index in [0.717, 1.165) is 35.4 Å². The number of amides is 1. The van der Waals surface area contributed by atoms with Crippen LogP contribution in [0, 0.1) is 5.92 Å². The number of thiophene rings is 1. The Morgan fingerprint density at radius 2 is 2.00 bits per heavy atom. The maximum atomic E-state index is 13.0. The van der Waals surface area contributed by atoms with E-state index in [-0.39, 0.29) is 18.0 Å². The number of hydrogen-bond acceptors (Lipinski definition) is 6. The smallest absolute Gasteiger partial charge is 0.262 e. The molecule has 1 amide bonds. The van der Waals surface area contributed by atoms with Gasteiger partial charge in [0.2, 0.25) is 5.91 Å². The zero-order valence-corrected chi connectivity index (χ0v) is 18.7. The highest BCUT2D eigenvalue weighted by molar-refractivity contribution is 7.18. The summed E-state index contributed by atoms with van der Waals surface area (Å²) in [4.78, 5) is 31.8. The van der Waals surface area contributed by atoms with Crippen molar-refractivity contribution in [3.8, 4) is 11.5 Å². The van der Waals surface area contributed by atoms with Gasteiger partial charge in [0.05, 0.1) is 24.9 Å². The molecule has 0 aliphatic heterocycles. The van der Waals surface area contributed by atoms with Crippen LogP contribution >= 0.6 is 11.3 Å². The summed E-state index contributed by atoms with van der Waals surface area (Å²) in [6.07, 6.45) is 4.48. The highest BCUT2D eigenvalue weighted by Gasteiger charge is 2.23. The van der Waals surface area contributed by atoms with Gasteiger partial charge in [-0.25, -0.2) is 4.98 Å². The Kier molecular flexibility index (Phi) is 6.56. The highest BCUT2D eigenvalue weighted by atomic mass is 32.1. The first kappa shape index (κ1) is 21.4. The summed E-state index contributed by atoms with van der Waals surface area (Å²) in [6.45, 7) is 5.43. The Morgan fingerprint density at radius 1 is 1.26 bits per heavy atom. The maximum absolute atomic E-state index is 13.0. The molecular formula is C23H27N3O4S. The molecular weight excluding hydrogens is 414 g/mol. The number of carbonyl (C=O) groups excluding carboxylic acids is 1. The van der Waals surface area contributed by atoms with Gasteiger partial charge in [0.1, 0.15) is 29.5 Å². The molecule has 4 rings (SSSR count). The lowest BCUT2D eigenvalue weighted by atomic mass is 9.89. The number of rotatable bonds is 8.